The number of rotatable bonds is 8. The molecule has 1 aliphatic rings. The third-order valence-corrected chi connectivity index (χ3v) is 5.15. The van der Waals surface area contributed by atoms with Crippen LogP contribution in [0.5, 0.6) is 0 Å². The first kappa shape index (κ1) is 20.1. The van der Waals surface area contributed by atoms with E-state index in [-0.39, 0.29) is 12.1 Å². The molecule has 0 bridgehead atoms. The normalized spacial score (nSPS) is 13.3. The molecule has 0 spiro atoms. The molecule has 0 aliphatic heterocycles. The Kier molecular flexibility index (Phi) is 6.09. The molecule has 3 aromatic rings. The molecule has 7 nitrogen and oxygen atoms in total. The second-order valence-corrected chi connectivity index (χ2v) is 8.00. The third kappa shape index (κ3) is 5.04. The minimum Gasteiger partial charge on any atom is -0.352 e. The lowest BCUT2D eigenvalue weighted by molar-refractivity contribution is 0.758. The van der Waals surface area contributed by atoms with E-state index in [9.17, 15) is 0 Å². The summed E-state index contributed by atoms with van der Waals surface area (Å²) in [5.41, 5.74) is 10.7. The Morgan fingerprint density at radius 1 is 0.867 bits per heavy atom. The van der Waals surface area contributed by atoms with Gasteiger partial charge < -0.3 is 21.7 Å². The number of hydrogen-bond donors (Lipinski definition) is 4. The summed E-state index contributed by atoms with van der Waals surface area (Å²) in [7, 11) is 0. The average molecular weight is 404 g/mol. The molecule has 0 fully saturated rings. The predicted molar refractivity (Wildman–Crippen MR) is 122 cm³/mol. The summed E-state index contributed by atoms with van der Waals surface area (Å²) in [6.45, 7) is 5.31. The lowest BCUT2D eigenvalue weighted by atomic mass is 10.1. The zero-order chi connectivity index (χ0) is 20.9. The summed E-state index contributed by atoms with van der Waals surface area (Å²) in [6, 6.07) is 17.3. The van der Waals surface area contributed by atoms with E-state index in [4.69, 9.17) is 5.73 Å². The van der Waals surface area contributed by atoms with Crippen molar-refractivity contribution in [1.82, 2.24) is 15.0 Å². The molecular weight excluding hydrogens is 374 g/mol. The fraction of sp³-hybridized carbons (Fsp3) is 0.348. The number of anilines is 3. The van der Waals surface area contributed by atoms with Crippen molar-refractivity contribution in [3.63, 3.8) is 0 Å². The number of hydrogen-bond acceptors (Lipinski definition) is 7. The van der Waals surface area contributed by atoms with Crippen LogP contribution >= 0.6 is 0 Å². The van der Waals surface area contributed by atoms with Gasteiger partial charge in [0.1, 0.15) is 0 Å². The molecule has 0 amide bonds. The molecule has 0 saturated carbocycles. The first-order chi connectivity index (χ1) is 14.6. The van der Waals surface area contributed by atoms with Crippen molar-refractivity contribution in [2.45, 2.75) is 51.9 Å². The van der Waals surface area contributed by atoms with Crippen LogP contribution in [0.2, 0.25) is 0 Å². The highest BCUT2D eigenvalue weighted by atomic mass is 15.3. The van der Waals surface area contributed by atoms with Crippen LogP contribution in [-0.2, 0) is 25.9 Å². The number of benzene rings is 2. The van der Waals surface area contributed by atoms with E-state index >= 15 is 0 Å². The smallest absolute Gasteiger partial charge is 0.229 e. The van der Waals surface area contributed by atoms with E-state index in [1.54, 1.807) is 0 Å². The first-order valence-corrected chi connectivity index (χ1v) is 10.5. The molecule has 0 unspecified atom stereocenters. The third-order valence-electron chi connectivity index (χ3n) is 5.15. The van der Waals surface area contributed by atoms with E-state index in [0.717, 1.165) is 24.0 Å². The lowest BCUT2D eigenvalue weighted by Gasteiger charge is -2.15. The van der Waals surface area contributed by atoms with Crippen molar-refractivity contribution < 1.29 is 0 Å². The predicted octanol–water partition coefficient (Wildman–Crippen LogP) is 3.34. The highest BCUT2D eigenvalue weighted by molar-refractivity contribution is 5.45. The maximum atomic E-state index is 5.68. The summed E-state index contributed by atoms with van der Waals surface area (Å²) in [5.74, 6) is 1.71. The Labute approximate surface area is 177 Å². The maximum absolute atomic E-state index is 5.68. The molecule has 0 saturated heterocycles. The van der Waals surface area contributed by atoms with Gasteiger partial charge in [0.25, 0.3) is 0 Å². The van der Waals surface area contributed by atoms with Crippen molar-refractivity contribution in [2.24, 2.45) is 5.73 Å². The molecule has 156 valence electrons. The molecule has 1 aromatic heterocycles. The molecule has 4 rings (SSSR count). The Hall–Kier alpha value is -3.19. The van der Waals surface area contributed by atoms with E-state index in [1.807, 2.05) is 12.1 Å². The monoisotopic (exact) mass is 403 g/mol. The van der Waals surface area contributed by atoms with Crippen molar-refractivity contribution in [1.29, 1.82) is 0 Å². The minimum absolute atomic E-state index is 0.229. The van der Waals surface area contributed by atoms with Gasteiger partial charge in [0, 0.05) is 25.2 Å². The van der Waals surface area contributed by atoms with Crippen LogP contribution in [0.1, 0.15) is 36.1 Å². The Bertz CT molecular complexity index is 960. The zero-order valence-electron chi connectivity index (χ0n) is 17.5. The van der Waals surface area contributed by atoms with Gasteiger partial charge in [-0.1, -0.05) is 48.5 Å². The van der Waals surface area contributed by atoms with Gasteiger partial charge in [-0.15, -0.1) is 0 Å². The topological polar surface area (TPSA) is 101 Å². The number of nitrogens with one attached hydrogen (secondary N) is 3. The van der Waals surface area contributed by atoms with E-state index in [0.29, 0.717) is 30.9 Å². The summed E-state index contributed by atoms with van der Waals surface area (Å²) in [5, 5.41) is 10.1. The number of nitrogens with two attached hydrogens (primary N) is 1. The first-order valence-electron chi connectivity index (χ1n) is 10.5. The fourth-order valence-electron chi connectivity index (χ4n) is 3.66. The van der Waals surface area contributed by atoms with Crippen LogP contribution < -0.4 is 21.7 Å². The SMILES string of the molecule is CC(C)Nc1nc(NCc2ccc(CN)cc2)nc(NC2Cc3ccccc3C2)n1. The molecule has 1 heterocycles. The maximum Gasteiger partial charge on any atom is 0.229 e. The van der Waals surface area contributed by atoms with Crippen molar-refractivity contribution in [3.8, 4) is 0 Å². The Morgan fingerprint density at radius 3 is 2.10 bits per heavy atom. The molecule has 7 heteroatoms. The van der Waals surface area contributed by atoms with Gasteiger partial charge in [-0.2, -0.15) is 15.0 Å². The summed E-state index contributed by atoms with van der Waals surface area (Å²) >= 11 is 0. The molecule has 2 aromatic carbocycles. The quantitative estimate of drug-likeness (QED) is 0.458. The molecule has 0 atom stereocenters. The van der Waals surface area contributed by atoms with Crippen molar-refractivity contribution in [3.05, 3.63) is 70.8 Å². The Balaban J connectivity index is 1.47. The van der Waals surface area contributed by atoms with Gasteiger partial charge in [-0.25, -0.2) is 0 Å². The lowest BCUT2D eigenvalue weighted by Crippen LogP contribution is -2.23. The number of nitrogens with zero attached hydrogens (tertiary/aromatic N) is 3. The average Bonchev–Trinajstić information content (AvgIpc) is 3.14. The second-order valence-electron chi connectivity index (χ2n) is 8.00. The fourth-order valence-corrected chi connectivity index (χ4v) is 3.66. The van der Waals surface area contributed by atoms with Crippen LogP contribution in [0.4, 0.5) is 17.8 Å². The van der Waals surface area contributed by atoms with E-state index < -0.39 is 0 Å². The largest absolute Gasteiger partial charge is 0.352 e. The van der Waals surface area contributed by atoms with Gasteiger partial charge in [0.05, 0.1) is 0 Å². The molecular formula is C23H29N7. The van der Waals surface area contributed by atoms with Crippen LogP contribution in [-0.4, -0.2) is 27.0 Å². The Morgan fingerprint density at radius 2 is 1.47 bits per heavy atom. The molecule has 30 heavy (non-hydrogen) atoms. The zero-order valence-corrected chi connectivity index (χ0v) is 17.5. The van der Waals surface area contributed by atoms with Crippen LogP contribution in [0.15, 0.2) is 48.5 Å². The highest BCUT2D eigenvalue weighted by Gasteiger charge is 2.22. The second kappa shape index (κ2) is 9.09. The van der Waals surface area contributed by atoms with Gasteiger partial charge in [0.15, 0.2) is 0 Å². The minimum atomic E-state index is 0.229. The van der Waals surface area contributed by atoms with E-state index in [2.05, 4.69) is 81.1 Å². The molecule has 0 radical (unpaired) electrons. The van der Waals surface area contributed by atoms with E-state index in [1.165, 1.54) is 11.1 Å². The molecule has 5 N–H and O–H groups in total. The van der Waals surface area contributed by atoms with Gasteiger partial charge in [-0.05, 0) is 48.9 Å². The summed E-state index contributed by atoms with van der Waals surface area (Å²) < 4.78 is 0. The molecule has 1 aliphatic carbocycles. The summed E-state index contributed by atoms with van der Waals surface area (Å²) in [4.78, 5) is 13.7. The number of fused-ring (bicyclic) bond motifs is 1. The van der Waals surface area contributed by atoms with Crippen LogP contribution in [0.25, 0.3) is 0 Å². The van der Waals surface area contributed by atoms with Crippen molar-refractivity contribution in [2.75, 3.05) is 16.0 Å². The summed E-state index contributed by atoms with van der Waals surface area (Å²) in [6.07, 6.45) is 1.95. The van der Waals surface area contributed by atoms with Crippen LogP contribution in [0, 0.1) is 0 Å². The van der Waals surface area contributed by atoms with Crippen LogP contribution in [0.3, 0.4) is 0 Å². The van der Waals surface area contributed by atoms with Crippen molar-refractivity contribution >= 4 is 17.8 Å². The van der Waals surface area contributed by atoms with Gasteiger partial charge in [-0.3, -0.25) is 0 Å². The standard InChI is InChI=1S/C23H29N7/c1-15(2)26-22-28-21(25-14-17-9-7-16(13-24)8-10-17)29-23(30-22)27-20-11-18-5-3-4-6-19(18)12-20/h3-10,15,20H,11-14,24H2,1-2H3,(H3,25,26,27,28,29,30). The van der Waals surface area contributed by atoms with Gasteiger partial charge >= 0.3 is 0 Å². The highest BCUT2D eigenvalue weighted by Crippen LogP contribution is 2.24. The van der Waals surface area contributed by atoms with Gasteiger partial charge in [0.2, 0.25) is 17.8 Å². The number of aromatic nitrogens is 3.